The number of nitrogens with zero attached hydrogens (tertiary/aromatic N) is 2. The van der Waals surface area contributed by atoms with Gasteiger partial charge in [-0.25, -0.2) is 0 Å². The molecule has 5 nitrogen and oxygen atoms in total. The van der Waals surface area contributed by atoms with Crippen molar-refractivity contribution in [1.82, 2.24) is 10.1 Å². The first-order valence-corrected chi connectivity index (χ1v) is 5.46. The number of rotatable bonds is 5. The number of methoxy groups -OCH3 is 1. The molecule has 1 aliphatic carbocycles. The van der Waals surface area contributed by atoms with Crippen LogP contribution in [0.1, 0.15) is 37.4 Å². The minimum absolute atomic E-state index is 0.506. The Bertz CT molecular complexity index is 295. The molecule has 84 valence electrons. The summed E-state index contributed by atoms with van der Waals surface area (Å²) in [6.07, 6.45) is 4.95. The lowest BCUT2D eigenvalue weighted by Crippen LogP contribution is -2.07. The highest BCUT2D eigenvalue weighted by Crippen LogP contribution is 2.32. The Morgan fingerprint density at radius 3 is 3.00 bits per heavy atom. The van der Waals surface area contributed by atoms with E-state index in [4.69, 9.17) is 9.26 Å². The zero-order valence-electron chi connectivity index (χ0n) is 9.03. The standard InChI is InChI=1S/C10H17N3O2/c1-14-7-6-11-10-12-9(13-15-10)8-4-2-3-5-8/h8H,2-7H2,1H3,(H,11,12,13). The molecule has 0 saturated heterocycles. The van der Waals surface area contributed by atoms with E-state index < -0.39 is 0 Å². The zero-order chi connectivity index (χ0) is 10.5. The lowest BCUT2D eigenvalue weighted by molar-refractivity contribution is 0.210. The molecule has 5 heteroatoms. The Morgan fingerprint density at radius 2 is 2.27 bits per heavy atom. The van der Waals surface area contributed by atoms with Crippen LogP contribution in [-0.4, -0.2) is 30.4 Å². The number of hydrogen-bond acceptors (Lipinski definition) is 5. The molecule has 1 aliphatic rings. The molecule has 15 heavy (non-hydrogen) atoms. The van der Waals surface area contributed by atoms with Gasteiger partial charge in [-0.1, -0.05) is 18.0 Å². The first kappa shape index (κ1) is 10.4. The van der Waals surface area contributed by atoms with Crippen molar-refractivity contribution in [2.24, 2.45) is 0 Å². The predicted molar refractivity (Wildman–Crippen MR) is 55.9 cm³/mol. The topological polar surface area (TPSA) is 60.2 Å². The Morgan fingerprint density at radius 1 is 1.47 bits per heavy atom. The molecule has 0 atom stereocenters. The monoisotopic (exact) mass is 211 g/mol. The van der Waals surface area contributed by atoms with Crippen LogP contribution >= 0.6 is 0 Å². The molecule has 1 N–H and O–H groups in total. The van der Waals surface area contributed by atoms with Crippen molar-refractivity contribution in [2.75, 3.05) is 25.6 Å². The first-order chi connectivity index (χ1) is 7.40. The minimum atomic E-state index is 0.506. The molecule has 0 aromatic carbocycles. The minimum Gasteiger partial charge on any atom is -0.383 e. The van der Waals surface area contributed by atoms with Gasteiger partial charge in [0, 0.05) is 19.6 Å². The van der Waals surface area contributed by atoms with Crippen LogP contribution in [0.5, 0.6) is 0 Å². The van der Waals surface area contributed by atoms with Crippen LogP contribution in [0.3, 0.4) is 0 Å². The fourth-order valence-corrected chi connectivity index (χ4v) is 1.92. The molecule has 0 unspecified atom stereocenters. The van der Waals surface area contributed by atoms with E-state index in [2.05, 4.69) is 15.5 Å². The van der Waals surface area contributed by atoms with Crippen molar-refractivity contribution in [3.8, 4) is 0 Å². The van der Waals surface area contributed by atoms with Gasteiger partial charge >= 0.3 is 6.01 Å². The van der Waals surface area contributed by atoms with Crippen LogP contribution in [-0.2, 0) is 4.74 Å². The van der Waals surface area contributed by atoms with Gasteiger partial charge in [0.15, 0.2) is 5.82 Å². The van der Waals surface area contributed by atoms with Gasteiger partial charge in [0.05, 0.1) is 6.61 Å². The van der Waals surface area contributed by atoms with Crippen molar-refractivity contribution < 1.29 is 9.26 Å². The van der Waals surface area contributed by atoms with Gasteiger partial charge in [-0.05, 0) is 12.8 Å². The van der Waals surface area contributed by atoms with E-state index in [-0.39, 0.29) is 0 Å². The van der Waals surface area contributed by atoms with Crippen molar-refractivity contribution in [1.29, 1.82) is 0 Å². The molecule has 1 aromatic rings. The van der Waals surface area contributed by atoms with Gasteiger partial charge in [0.25, 0.3) is 0 Å². The molecular weight excluding hydrogens is 194 g/mol. The van der Waals surface area contributed by atoms with Gasteiger partial charge < -0.3 is 14.6 Å². The van der Waals surface area contributed by atoms with Crippen molar-refractivity contribution in [3.63, 3.8) is 0 Å². The highest BCUT2D eigenvalue weighted by atomic mass is 16.5. The van der Waals surface area contributed by atoms with Gasteiger partial charge in [0.1, 0.15) is 0 Å². The van der Waals surface area contributed by atoms with Crippen LogP contribution in [0.2, 0.25) is 0 Å². The summed E-state index contributed by atoms with van der Waals surface area (Å²) < 4.78 is 10.0. The van der Waals surface area contributed by atoms with Gasteiger partial charge in [-0.15, -0.1) is 0 Å². The number of hydrogen-bond donors (Lipinski definition) is 1. The summed E-state index contributed by atoms with van der Waals surface area (Å²) >= 11 is 0. The average Bonchev–Trinajstić information content (AvgIpc) is 2.87. The van der Waals surface area contributed by atoms with E-state index in [1.807, 2.05) is 0 Å². The molecule has 0 aliphatic heterocycles. The molecule has 0 bridgehead atoms. The summed E-state index contributed by atoms with van der Waals surface area (Å²) in [5.74, 6) is 1.36. The Labute approximate surface area is 89.2 Å². The SMILES string of the molecule is COCCNc1nc(C2CCCC2)no1. The van der Waals surface area contributed by atoms with E-state index in [1.54, 1.807) is 7.11 Å². The van der Waals surface area contributed by atoms with Crippen molar-refractivity contribution >= 4 is 6.01 Å². The Kier molecular flexibility index (Phi) is 3.55. The molecule has 0 radical (unpaired) electrons. The molecule has 1 heterocycles. The van der Waals surface area contributed by atoms with E-state index in [0.29, 0.717) is 25.1 Å². The second-order valence-electron chi connectivity index (χ2n) is 3.86. The molecule has 2 rings (SSSR count). The highest BCUT2D eigenvalue weighted by molar-refractivity contribution is 5.19. The molecule has 0 spiro atoms. The molecule has 1 saturated carbocycles. The van der Waals surface area contributed by atoms with E-state index in [9.17, 15) is 0 Å². The van der Waals surface area contributed by atoms with Gasteiger partial charge in [-0.3, -0.25) is 0 Å². The Balaban J connectivity index is 1.86. The smallest absolute Gasteiger partial charge is 0.321 e. The normalized spacial score (nSPS) is 17.1. The van der Waals surface area contributed by atoms with E-state index in [1.165, 1.54) is 25.7 Å². The van der Waals surface area contributed by atoms with Gasteiger partial charge in [0.2, 0.25) is 0 Å². The quantitative estimate of drug-likeness (QED) is 0.752. The van der Waals surface area contributed by atoms with Crippen LogP contribution in [0, 0.1) is 0 Å². The highest BCUT2D eigenvalue weighted by Gasteiger charge is 2.22. The summed E-state index contributed by atoms with van der Waals surface area (Å²) in [5.41, 5.74) is 0. The fourth-order valence-electron chi connectivity index (χ4n) is 1.92. The van der Waals surface area contributed by atoms with Crippen LogP contribution in [0.15, 0.2) is 4.52 Å². The van der Waals surface area contributed by atoms with Crippen LogP contribution in [0.25, 0.3) is 0 Å². The maximum Gasteiger partial charge on any atom is 0.321 e. The third-order valence-electron chi connectivity index (χ3n) is 2.74. The van der Waals surface area contributed by atoms with Crippen molar-refractivity contribution in [3.05, 3.63) is 5.82 Å². The predicted octanol–water partition coefficient (Wildman–Crippen LogP) is 1.79. The lowest BCUT2D eigenvalue weighted by Gasteiger charge is -2.00. The Hall–Kier alpha value is -1.10. The molecule has 0 amide bonds. The zero-order valence-corrected chi connectivity index (χ0v) is 9.03. The molecule has 1 fully saturated rings. The summed E-state index contributed by atoms with van der Waals surface area (Å²) in [4.78, 5) is 4.32. The summed E-state index contributed by atoms with van der Waals surface area (Å²) in [6, 6.07) is 0.508. The summed E-state index contributed by atoms with van der Waals surface area (Å²) in [6.45, 7) is 1.34. The van der Waals surface area contributed by atoms with Crippen molar-refractivity contribution in [2.45, 2.75) is 31.6 Å². The second kappa shape index (κ2) is 5.11. The summed E-state index contributed by atoms with van der Waals surface area (Å²) in [5, 5.41) is 7.01. The maximum absolute atomic E-state index is 5.10. The second-order valence-corrected chi connectivity index (χ2v) is 3.86. The fraction of sp³-hybridized carbons (Fsp3) is 0.800. The number of aromatic nitrogens is 2. The third kappa shape index (κ3) is 2.68. The molecule has 1 aromatic heterocycles. The maximum atomic E-state index is 5.10. The van der Waals surface area contributed by atoms with Gasteiger partial charge in [-0.2, -0.15) is 4.98 Å². The largest absolute Gasteiger partial charge is 0.383 e. The number of ether oxygens (including phenoxy) is 1. The molecular formula is C10H17N3O2. The average molecular weight is 211 g/mol. The van der Waals surface area contributed by atoms with E-state index in [0.717, 1.165) is 5.82 Å². The van der Waals surface area contributed by atoms with E-state index >= 15 is 0 Å². The van der Waals surface area contributed by atoms with Crippen LogP contribution in [0.4, 0.5) is 6.01 Å². The lowest BCUT2D eigenvalue weighted by atomic mass is 10.1. The first-order valence-electron chi connectivity index (χ1n) is 5.46. The summed E-state index contributed by atoms with van der Waals surface area (Å²) in [7, 11) is 1.67. The third-order valence-corrected chi connectivity index (χ3v) is 2.74. The number of nitrogens with one attached hydrogen (secondary N) is 1. The van der Waals surface area contributed by atoms with Crippen LogP contribution < -0.4 is 5.32 Å². The number of anilines is 1.